The van der Waals surface area contributed by atoms with Gasteiger partial charge in [-0.1, -0.05) is 17.7 Å². The van der Waals surface area contributed by atoms with Crippen LogP contribution < -0.4 is 20.1 Å². The van der Waals surface area contributed by atoms with Gasteiger partial charge in [0.05, 0.1) is 19.2 Å². The predicted molar refractivity (Wildman–Crippen MR) is 99.4 cm³/mol. The summed E-state index contributed by atoms with van der Waals surface area (Å²) in [6.45, 7) is 0. The van der Waals surface area contributed by atoms with E-state index in [0.29, 0.717) is 28.3 Å². The Morgan fingerprint density at radius 1 is 1.04 bits per heavy atom. The molecule has 26 heavy (non-hydrogen) atoms. The van der Waals surface area contributed by atoms with E-state index in [2.05, 4.69) is 10.6 Å². The quantitative estimate of drug-likeness (QED) is 0.811. The number of anilines is 1. The van der Waals surface area contributed by atoms with E-state index in [4.69, 9.17) is 21.1 Å². The van der Waals surface area contributed by atoms with Crippen LogP contribution in [0, 0.1) is 0 Å². The van der Waals surface area contributed by atoms with Gasteiger partial charge >= 0.3 is 0 Å². The third-order valence-electron chi connectivity index (χ3n) is 3.99. The molecule has 0 bridgehead atoms. The molecule has 0 radical (unpaired) electrons. The number of methoxy groups -OCH3 is 2. The van der Waals surface area contributed by atoms with Crippen molar-refractivity contribution in [2.45, 2.75) is 18.9 Å². The highest BCUT2D eigenvalue weighted by atomic mass is 35.5. The van der Waals surface area contributed by atoms with E-state index < -0.39 is 0 Å². The molecule has 0 spiro atoms. The zero-order chi connectivity index (χ0) is 18.7. The van der Waals surface area contributed by atoms with Crippen molar-refractivity contribution < 1.29 is 19.1 Å². The number of hydrogen-bond acceptors (Lipinski definition) is 4. The number of rotatable bonds is 6. The molecule has 3 rings (SSSR count). The number of amides is 2. The second kappa shape index (κ2) is 7.66. The summed E-state index contributed by atoms with van der Waals surface area (Å²) in [5, 5.41) is 5.96. The van der Waals surface area contributed by atoms with Gasteiger partial charge in [0.1, 0.15) is 0 Å². The third-order valence-corrected chi connectivity index (χ3v) is 4.27. The molecule has 136 valence electrons. The fourth-order valence-corrected chi connectivity index (χ4v) is 2.77. The number of benzene rings is 2. The van der Waals surface area contributed by atoms with Crippen molar-refractivity contribution in [1.29, 1.82) is 0 Å². The van der Waals surface area contributed by atoms with Crippen LogP contribution in [-0.2, 0) is 0 Å². The first-order valence-corrected chi connectivity index (χ1v) is 8.53. The summed E-state index contributed by atoms with van der Waals surface area (Å²) in [7, 11) is 2.94. The van der Waals surface area contributed by atoms with Crippen LogP contribution in [0.5, 0.6) is 11.5 Å². The Morgan fingerprint density at radius 3 is 2.46 bits per heavy atom. The molecule has 2 N–H and O–H groups in total. The Morgan fingerprint density at radius 2 is 1.81 bits per heavy atom. The van der Waals surface area contributed by atoms with Crippen molar-refractivity contribution in [3.63, 3.8) is 0 Å². The Hall–Kier alpha value is -2.73. The van der Waals surface area contributed by atoms with Crippen LogP contribution >= 0.6 is 11.6 Å². The van der Waals surface area contributed by atoms with Gasteiger partial charge in [-0.3, -0.25) is 9.59 Å². The van der Waals surface area contributed by atoms with Gasteiger partial charge in [0.25, 0.3) is 11.8 Å². The maximum Gasteiger partial charge on any atom is 0.255 e. The summed E-state index contributed by atoms with van der Waals surface area (Å²) in [6, 6.07) is 10.1. The number of halogens is 1. The van der Waals surface area contributed by atoms with E-state index in [0.717, 1.165) is 12.8 Å². The molecule has 0 aliphatic heterocycles. The van der Waals surface area contributed by atoms with E-state index in [1.807, 2.05) is 0 Å². The van der Waals surface area contributed by atoms with Gasteiger partial charge in [0.15, 0.2) is 11.5 Å². The van der Waals surface area contributed by atoms with Crippen molar-refractivity contribution in [3.05, 3.63) is 52.5 Å². The first-order chi connectivity index (χ1) is 12.5. The van der Waals surface area contributed by atoms with E-state index >= 15 is 0 Å². The van der Waals surface area contributed by atoms with Gasteiger partial charge in [-0.2, -0.15) is 0 Å². The summed E-state index contributed by atoms with van der Waals surface area (Å²) in [4.78, 5) is 24.7. The summed E-state index contributed by atoms with van der Waals surface area (Å²) < 4.78 is 10.4. The number of nitrogens with one attached hydrogen (secondary N) is 2. The molecule has 1 aliphatic rings. The average Bonchev–Trinajstić information content (AvgIpc) is 3.45. The van der Waals surface area contributed by atoms with Crippen LogP contribution in [0.15, 0.2) is 36.4 Å². The maximum absolute atomic E-state index is 12.5. The van der Waals surface area contributed by atoms with Crippen LogP contribution in [0.3, 0.4) is 0 Å². The highest BCUT2D eigenvalue weighted by Crippen LogP contribution is 2.36. The minimum Gasteiger partial charge on any atom is -0.493 e. The van der Waals surface area contributed by atoms with Crippen molar-refractivity contribution in [2.75, 3.05) is 19.5 Å². The lowest BCUT2D eigenvalue weighted by atomic mass is 10.1. The lowest BCUT2D eigenvalue weighted by Crippen LogP contribution is -2.25. The van der Waals surface area contributed by atoms with E-state index in [1.165, 1.54) is 20.3 Å². The zero-order valence-corrected chi connectivity index (χ0v) is 15.2. The Kier molecular flexibility index (Phi) is 5.32. The van der Waals surface area contributed by atoms with Crippen molar-refractivity contribution in [1.82, 2.24) is 5.32 Å². The number of carbonyl (C=O) groups is 2. The fraction of sp³-hybridized carbons (Fsp3) is 0.263. The summed E-state index contributed by atoms with van der Waals surface area (Å²) in [5.74, 6) is 0.220. The van der Waals surface area contributed by atoms with Crippen molar-refractivity contribution in [2.24, 2.45) is 0 Å². The highest BCUT2D eigenvalue weighted by Gasteiger charge is 2.24. The molecular formula is C19H19ClN2O4. The minimum absolute atomic E-state index is 0.141. The SMILES string of the molecule is COc1cc(C(=O)Nc2cccc(C(=O)NC3CC3)c2)cc(Cl)c1OC. The molecule has 0 aromatic heterocycles. The summed E-state index contributed by atoms with van der Waals surface area (Å²) >= 11 is 6.14. The molecular weight excluding hydrogens is 356 g/mol. The Labute approximate surface area is 156 Å². The molecule has 0 atom stereocenters. The molecule has 2 amide bonds. The van der Waals surface area contributed by atoms with E-state index in [-0.39, 0.29) is 22.9 Å². The molecule has 2 aromatic carbocycles. The van der Waals surface area contributed by atoms with Gasteiger partial charge in [0.2, 0.25) is 0 Å². The molecule has 1 aliphatic carbocycles. The standard InChI is InChI=1S/C19H19ClN2O4/c1-25-16-10-12(9-15(20)17(16)26-2)19(24)22-14-5-3-4-11(8-14)18(23)21-13-6-7-13/h3-5,8-10,13H,6-7H2,1-2H3,(H,21,23)(H,22,24). The molecule has 2 aromatic rings. The predicted octanol–water partition coefficient (Wildman–Crippen LogP) is 3.50. The number of hydrogen-bond donors (Lipinski definition) is 2. The highest BCUT2D eigenvalue weighted by molar-refractivity contribution is 6.32. The van der Waals surface area contributed by atoms with Crippen LogP contribution in [0.4, 0.5) is 5.69 Å². The second-order valence-corrected chi connectivity index (χ2v) is 6.38. The molecule has 1 fully saturated rings. The van der Waals surface area contributed by atoms with Gasteiger partial charge in [-0.05, 0) is 43.2 Å². The summed E-state index contributed by atoms with van der Waals surface area (Å²) in [5.41, 5.74) is 1.34. The topological polar surface area (TPSA) is 76.7 Å². The minimum atomic E-state index is -0.368. The molecule has 6 nitrogen and oxygen atoms in total. The number of carbonyl (C=O) groups excluding carboxylic acids is 2. The van der Waals surface area contributed by atoms with E-state index in [9.17, 15) is 9.59 Å². The summed E-state index contributed by atoms with van der Waals surface area (Å²) in [6.07, 6.45) is 2.03. The molecule has 1 saturated carbocycles. The average molecular weight is 375 g/mol. The monoisotopic (exact) mass is 374 g/mol. The molecule has 0 unspecified atom stereocenters. The van der Waals surface area contributed by atoms with Gasteiger partial charge in [-0.25, -0.2) is 0 Å². The first-order valence-electron chi connectivity index (χ1n) is 8.15. The van der Waals surface area contributed by atoms with Gasteiger partial charge in [0, 0.05) is 22.9 Å². The molecule has 0 heterocycles. The Bertz CT molecular complexity index is 849. The van der Waals surface area contributed by atoms with Crippen molar-refractivity contribution >= 4 is 29.1 Å². The van der Waals surface area contributed by atoms with Crippen LogP contribution in [0.1, 0.15) is 33.6 Å². The van der Waals surface area contributed by atoms with Crippen LogP contribution in [0.2, 0.25) is 5.02 Å². The second-order valence-electron chi connectivity index (χ2n) is 5.98. The Balaban J connectivity index is 1.77. The van der Waals surface area contributed by atoms with Crippen LogP contribution in [-0.4, -0.2) is 32.1 Å². The maximum atomic E-state index is 12.5. The van der Waals surface area contributed by atoms with Crippen molar-refractivity contribution in [3.8, 4) is 11.5 Å². The zero-order valence-electron chi connectivity index (χ0n) is 14.5. The normalized spacial score (nSPS) is 13.0. The van der Waals surface area contributed by atoms with E-state index in [1.54, 1.807) is 30.3 Å². The van der Waals surface area contributed by atoms with Crippen LogP contribution in [0.25, 0.3) is 0 Å². The molecule has 7 heteroatoms. The smallest absolute Gasteiger partial charge is 0.255 e. The first kappa shape index (κ1) is 18.1. The molecule has 0 saturated heterocycles. The lowest BCUT2D eigenvalue weighted by molar-refractivity contribution is 0.0949. The third kappa shape index (κ3) is 4.08. The number of ether oxygens (including phenoxy) is 2. The lowest BCUT2D eigenvalue weighted by Gasteiger charge is -2.12. The van der Waals surface area contributed by atoms with Gasteiger partial charge < -0.3 is 20.1 Å². The van der Waals surface area contributed by atoms with Gasteiger partial charge in [-0.15, -0.1) is 0 Å². The largest absolute Gasteiger partial charge is 0.493 e. The fourth-order valence-electron chi connectivity index (χ4n) is 2.49.